The van der Waals surface area contributed by atoms with Crippen LogP contribution < -0.4 is 5.32 Å². The number of nitrogens with zero attached hydrogens (tertiary/aromatic N) is 3. The highest BCUT2D eigenvalue weighted by Crippen LogP contribution is 2.31. The number of benzene rings is 2. The number of aromatic amines is 1. The Labute approximate surface area is 240 Å². The van der Waals surface area contributed by atoms with Crippen molar-refractivity contribution in [1.29, 1.82) is 0 Å². The molecule has 1 aliphatic rings. The number of carboxylic acids is 1. The first kappa shape index (κ1) is 28.2. The largest absolute Gasteiger partial charge is 0.480 e. The fourth-order valence-electron chi connectivity index (χ4n) is 4.82. The van der Waals surface area contributed by atoms with Gasteiger partial charge in [0, 0.05) is 29.4 Å². The first-order chi connectivity index (χ1) is 19.6. The molecule has 0 aliphatic carbocycles. The third kappa shape index (κ3) is 6.71. The Kier molecular flexibility index (Phi) is 8.02. The van der Waals surface area contributed by atoms with Crippen LogP contribution in [0.5, 0.6) is 0 Å². The van der Waals surface area contributed by atoms with Gasteiger partial charge in [0.15, 0.2) is 0 Å². The van der Waals surface area contributed by atoms with Crippen LogP contribution >= 0.6 is 11.8 Å². The van der Waals surface area contributed by atoms with Crippen molar-refractivity contribution >= 4 is 40.6 Å². The van der Waals surface area contributed by atoms with Gasteiger partial charge >= 0.3 is 12.1 Å². The van der Waals surface area contributed by atoms with Crippen LogP contribution in [0.4, 0.5) is 4.79 Å². The molecule has 0 unspecified atom stereocenters. The third-order valence-corrected chi connectivity index (χ3v) is 7.43. The van der Waals surface area contributed by atoms with Gasteiger partial charge in [-0.15, -0.1) is 10.2 Å². The van der Waals surface area contributed by atoms with Gasteiger partial charge in [0.05, 0.1) is 12.3 Å². The molecule has 214 valence electrons. The number of H-pyrrole nitrogens is 1. The molecular formula is C29H31N5O6S. The highest BCUT2D eigenvalue weighted by Gasteiger charge is 2.36. The molecule has 0 bridgehead atoms. The number of ether oxygens (including phenoxy) is 1. The summed E-state index contributed by atoms with van der Waals surface area (Å²) in [6, 6.07) is 15.6. The molecule has 3 heterocycles. The minimum absolute atomic E-state index is 0.0934. The second-order valence-corrected chi connectivity index (χ2v) is 11.7. The standard InChI is InChI=1S/C29H31N5O6S/c1-29(2,3)40-27(38)31-21(13-17-9-5-4-6-10-17)25-32-33-28(39-25)41-16-24(35)34-15-22-19(14-23(34)26(36)37)18-11-7-8-12-20(18)30-22/h4-12,21,23,30H,13-16H2,1-3H3,(H,31,38)(H,36,37)/t21-,23+/m0/s1. The molecule has 0 radical (unpaired) electrons. The number of fused-ring (bicyclic) bond motifs is 3. The Bertz CT molecular complexity index is 1560. The topological polar surface area (TPSA) is 151 Å². The number of rotatable bonds is 8. The molecule has 0 saturated heterocycles. The summed E-state index contributed by atoms with van der Waals surface area (Å²) in [6.45, 7) is 5.47. The molecule has 3 N–H and O–H groups in total. The van der Waals surface area contributed by atoms with Crippen LogP contribution in [0.25, 0.3) is 10.9 Å². The summed E-state index contributed by atoms with van der Waals surface area (Å²) in [5.41, 5.74) is 2.92. The van der Waals surface area contributed by atoms with Crippen molar-refractivity contribution in [1.82, 2.24) is 25.4 Å². The maximum atomic E-state index is 13.2. The lowest BCUT2D eigenvalue weighted by Gasteiger charge is -2.33. The number of hydrogen-bond acceptors (Lipinski definition) is 8. The second-order valence-electron chi connectivity index (χ2n) is 10.8. The fourth-order valence-corrected chi connectivity index (χ4v) is 5.47. The SMILES string of the molecule is CC(C)(C)OC(=O)N[C@@H](Cc1ccccc1)c1nnc(SCC(=O)N2Cc3[nH]c4ccccc4c3C[C@@H]2C(=O)O)o1. The maximum absolute atomic E-state index is 13.2. The van der Waals surface area contributed by atoms with Gasteiger partial charge in [-0.3, -0.25) is 4.79 Å². The molecule has 0 spiro atoms. The maximum Gasteiger partial charge on any atom is 0.408 e. The van der Waals surface area contributed by atoms with E-state index in [2.05, 4.69) is 20.5 Å². The van der Waals surface area contributed by atoms with Crippen molar-refractivity contribution in [2.75, 3.05) is 5.75 Å². The third-order valence-electron chi connectivity index (χ3n) is 6.62. The van der Waals surface area contributed by atoms with Crippen molar-refractivity contribution in [2.45, 2.75) is 63.1 Å². The first-order valence-corrected chi connectivity index (χ1v) is 14.2. The number of nitrogens with one attached hydrogen (secondary N) is 2. The van der Waals surface area contributed by atoms with E-state index >= 15 is 0 Å². The summed E-state index contributed by atoms with van der Waals surface area (Å²) in [5.74, 6) is -1.35. The van der Waals surface area contributed by atoms with Gasteiger partial charge in [-0.05, 0) is 38.0 Å². The van der Waals surface area contributed by atoms with Crippen LogP contribution in [0.15, 0.2) is 64.2 Å². The molecule has 2 aromatic heterocycles. The van der Waals surface area contributed by atoms with Gasteiger partial charge in [0.1, 0.15) is 17.7 Å². The Morgan fingerprint density at radius 3 is 2.61 bits per heavy atom. The van der Waals surface area contributed by atoms with E-state index < -0.39 is 29.7 Å². The predicted octanol–water partition coefficient (Wildman–Crippen LogP) is 4.49. The van der Waals surface area contributed by atoms with Gasteiger partial charge in [-0.2, -0.15) is 0 Å². The number of thioether (sulfide) groups is 1. The molecule has 2 amide bonds. The lowest BCUT2D eigenvalue weighted by atomic mass is 9.96. The summed E-state index contributed by atoms with van der Waals surface area (Å²) in [4.78, 5) is 42.6. The predicted molar refractivity (Wildman–Crippen MR) is 151 cm³/mol. The molecule has 12 heteroatoms. The minimum Gasteiger partial charge on any atom is -0.480 e. The second kappa shape index (κ2) is 11.7. The Morgan fingerprint density at radius 2 is 1.88 bits per heavy atom. The van der Waals surface area contributed by atoms with E-state index in [1.165, 1.54) is 4.90 Å². The van der Waals surface area contributed by atoms with Crippen molar-refractivity contribution < 1.29 is 28.6 Å². The molecule has 1 aliphatic heterocycles. The van der Waals surface area contributed by atoms with Crippen LogP contribution in [0, 0.1) is 0 Å². The molecule has 0 fully saturated rings. The molecule has 11 nitrogen and oxygen atoms in total. The quantitative estimate of drug-likeness (QED) is 0.257. The van der Waals surface area contributed by atoms with E-state index in [1.54, 1.807) is 20.8 Å². The summed E-state index contributed by atoms with van der Waals surface area (Å²) in [6.07, 6.45) is -0.0263. The van der Waals surface area contributed by atoms with Gasteiger partial charge in [-0.1, -0.05) is 60.3 Å². The van der Waals surface area contributed by atoms with Gasteiger partial charge < -0.3 is 29.5 Å². The smallest absolute Gasteiger partial charge is 0.408 e. The summed E-state index contributed by atoms with van der Waals surface area (Å²) in [7, 11) is 0. The van der Waals surface area contributed by atoms with E-state index in [0.717, 1.165) is 39.5 Å². The van der Waals surface area contributed by atoms with Crippen LogP contribution in [0.1, 0.15) is 49.5 Å². The van der Waals surface area contributed by atoms with Crippen LogP contribution in [0.3, 0.4) is 0 Å². The molecule has 4 aromatic rings. The Morgan fingerprint density at radius 1 is 1.15 bits per heavy atom. The zero-order valence-corrected chi connectivity index (χ0v) is 23.7. The number of aromatic nitrogens is 3. The van der Waals surface area contributed by atoms with Gasteiger partial charge in [0.25, 0.3) is 5.22 Å². The van der Waals surface area contributed by atoms with Crippen LogP contribution in [-0.4, -0.2) is 60.6 Å². The highest BCUT2D eigenvalue weighted by atomic mass is 32.2. The number of carbonyl (C=O) groups excluding carboxylic acids is 2. The molecular weight excluding hydrogens is 546 g/mol. The lowest BCUT2D eigenvalue weighted by Crippen LogP contribution is -2.49. The van der Waals surface area contributed by atoms with Gasteiger partial charge in [0.2, 0.25) is 11.8 Å². The zero-order valence-electron chi connectivity index (χ0n) is 22.9. The van der Waals surface area contributed by atoms with Crippen molar-refractivity contribution in [2.24, 2.45) is 0 Å². The number of aliphatic carboxylic acids is 1. The monoisotopic (exact) mass is 577 g/mol. The lowest BCUT2D eigenvalue weighted by molar-refractivity contribution is -0.150. The van der Waals surface area contributed by atoms with Gasteiger partial charge in [-0.25, -0.2) is 9.59 Å². The normalized spacial score (nSPS) is 15.8. The number of hydrogen-bond donors (Lipinski definition) is 3. The highest BCUT2D eigenvalue weighted by molar-refractivity contribution is 7.99. The fraction of sp³-hybridized carbons (Fsp3) is 0.345. The van der Waals surface area contributed by atoms with Crippen molar-refractivity contribution in [3.8, 4) is 0 Å². The van der Waals surface area contributed by atoms with E-state index in [9.17, 15) is 19.5 Å². The molecule has 5 rings (SSSR count). The number of carbonyl (C=O) groups is 3. The first-order valence-electron chi connectivity index (χ1n) is 13.2. The molecule has 0 saturated carbocycles. The molecule has 41 heavy (non-hydrogen) atoms. The minimum atomic E-state index is -1.06. The average Bonchev–Trinajstić information content (AvgIpc) is 3.54. The summed E-state index contributed by atoms with van der Waals surface area (Å²) >= 11 is 1.02. The molecule has 2 aromatic carbocycles. The van der Waals surface area contributed by atoms with E-state index in [-0.39, 0.29) is 35.7 Å². The summed E-state index contributed by atoms with van der Waals surface area (Å²) in [5, 5.41) is 22.0. The summed E-state index contributed by atoms with van der Waals surface area (Å²) < 4.78 is 11.2. The van der Waals surface area contributed by atoms with Crippen LogP contribution in [0.2, 0.25) is 0 Å². The van der Waals surface area contributed by atoms with E-state index in [4.69, 9.17) is 9.15 Å². The zero-order chi connectivity index (χ0) is 29.1. The Hall–Kier alpha value is -4.32. The van der Waals surface area contributed by atoms with E-state index in [0.29, 0.717) is 6.42 Å². The number of carboxylic acid groups (broad SMARTS) is 1. The van der Waals surface area contributed by atoms with Crippen molar-refractivity contribution in [3.63, 3.8) is 0 Å². The van der Waals surface area contributed by atoms with E-state index in [1.807, 2.05) is 54.6 Å². The number of amides is 2. The number of alkyl carbamates (subject to hydrolysis) is 1. The van der Waals surface area contributed by atoms with Crippen molar-refractivity contribution in [3.05, 3.63) is 77.3 Å². The molecule has 2 atom stereocenters. The number of para-hydroxylation sites is 1. The Balaban J connectivity index is 1.28. The van der Waals surface area contributed by atoms with Crippen LogP contribution in [-0.2, 0) is 33.7 Å². The average molecular weight is 578 g/mol.